The van der Waals surface area contributed by atoms with E-state index in [-0.39, 0.29) is 23.9 Å². The van der Waals surface area contributed by atoms with Crippen molar-refractivity contribution in [3.05, 3.63) is 0 Å². The maximum atomic E-state index is 11.5. The van der Waals surface area contributed by atoms with Crippen LogP contribution < -0.4 is 16.0 Å². The van der Waals surface area contributed by atoms with Crippen LogP contribution in [0, 0.1) is 0 Å². The van der Waals surface area contributed by atoms with Crippen LogP contribution in [0.1, 0.15) is 26.7 Å². The predicted octanol–water partition coefficient (Wildman–Crippen LogP) is -0.619. The van der Waals surface area contributed by atoms with Crippen molar-refractivity contribution in [2.45, 2.75) is 32.2 Å². The summed E-state index contributed by atoms with van der Waals surface area (Å²) in [6.07, 6.45) is 1.86. The highest BCUT2D eigenvalue weighted by Crippen LogP contribution is 2.16. The molecule has 1 rings (SSSR count). The Hall–Kier alpha value is -1.10. The standard InChI is InChI=1S/C10H19N3O2/c1-8(14)12-7-9(15)13-10(2)3-5-11-6-4-10/h11H,3-7H2,1-2H3,(H,12,14)(H,13,15). The van der Waals surface area contributed by atoms with Crippen LogP contribution in [0.25, 0.3) is 0 Å². The van der Waals surface area contributed by atoms with E-state index in [0.29, 0.717) is 0 Å². The van der Waals surface area contributed by atoms with Crippen LogP contribution in [0.4, 0.5) is 0 Å². The van der Waals surface area contributed by atoms with Gasteiger partial charge in [0.1, 0.15) is 0 Å². The third-order valence-electron chi connectivity index (χ3n) is 2.65. The average molecular weight is 213 g/mol. The maximum absolute atomic E-state index is 11.5. The Morgan fingerprint density at radius 2 is 1.93 bits per heavy atom. The molecule has 1 heterocycles. The van der Waals surface area contributed by atoms with E-state index >= 15 is 0 Å². The summed E-state index contributed by atoms with van der Waals surface area (Å²) >= 11 is 0. The molecule has 0 bridgehead atoms. The molecule has 0 aliphatic carbocycles. The second-order valence-electron chi connectivity index (χ2n) is 4.27. The number of nitrogens with one attached hydrogen (secondary N) is 3. The van der Waals surface area contributed by atoms with E-state index in [1.54, 1.807) is 0 Å². The lowest BCUT2D eigenvalue weighted by Gasteiger charge is -2.35. The Balaban J connectivity index is 2.32. The summed E-state index contributed by atoms with van der Waals surface area (Å²) in [5.74, 6) is -0.296. The van der Waals surface area contributed by atoms with Crippen LogP contribution in [-0.4, -0.2) is 37.0 Å². The van der Waals surface area contributed by atoms with Gasteiger partial charge in [-0.25, -0.2) is 0 Å². The number of carbonyl (C=O) groups excluding carboxylic acids is 2. The van der Waals surface area contributed by atoms with Gasteiger partial charge in [-0.3, -0.25) is 9.59 Å². The Morgan fingerprint density at radius 3 is 2.47 bits per heavy atom. The van der Waals surface area contributed by atoms with Gasteiger partial charge in [0.05, 0.1) is 6.54 Å². The normalized spacial score (nSPS) is 19.3. The minimum absolute atomic E-state index is 0.0678. The fourth-order valence-electron chi connectivity index (χ4n) is 1.69. The fraction of sp³-hybridized carbons (Fsp3) is 0.800. The lowest BCUT2D eigenvalue weighted by Crippen LogP contribution is -2.54. The number of amides is 2. The van der Waals surface area contributed by atoms with E-state index in [4.69, 9.17) is 0 Å². The molecule has 1 fully saturated rings. The first-order chi connectivity index (χ1) is 7.02. The van der Waals surface area contributed by atoms with Crippen molar-refractivity contribution in [2.24, 2.45) is 0 Å². The van der Waals surface area contributed by atoms with Gasteiger partial charge in [0.15, 0.2) is 0 Å². The number of carbonyl (C=O) groups is 2. The lowest BCUT2D eigenvalue weighted by atomic mass is 9.90. The van der Waals surface area contributed by atoms with Crippen molar-refractivity contribution in [2.75, 3.05) is 19.6 Å². The predicted molar refractivity (Wildman–Crippen MR) is 57.3 cm³/mol. The molecule has 0 spiro atoms. The van der Waals surface area contributed by atoms with Crippen molar-refractivity contribution < 1.29 is 9.59 Å². The molecule has 0 saturated carbocycles. The van der Waals surface area contributed by atoms with Gasteiger partial charge >= 0.3 is 0 Å². The second kappa shape index (κ2) is 5.11. The molecule has 0 aromatic rings. The van der Waals surface area contributed by atoms with Crippen molar-refractivity contribution >= 4 is 11.8 Å². The summed E-state index contributed by atoms with van der Waals surface area (Å²) in [4.78, 5) is 22.1. The molecular formula is C10H19N3O2. The van der Waals surface area contributed by atoms with Crippen LogP contribution in [0.15, 0.2) is 0 Å². The monoisotopic (exact) mass is 213 g/mol. The zero-order valence-electron chi connectivity index (χ0n) is 9.35. The molecule has 5 nitrogen and oxygen atoms in total. The molecule has 0 atom stereocenters. The second-order valence-corrected chi connectivity index (χ2v) is 4.27. The summed E-state index contributed by atoms with van der Waals surface area (Å²) in [5.41, 5.74) is -0.124. The highest BCUT2D eigenvalue weighted by Gasteiger charge is 2.27. The van der Waals surface area contributed by atoms with Crippen LogP contribution >= 0.6 is 0 Å². The number of hydrogen-bond acceptors (Lipinski definition) is 3. The third kappa shape index (κ3) is 4.29. The minimum Gasteiger partial charge on any atom is -0.349 e. The number of hydrogen-bond donors (Lipinski definition) is 3. The van der Waals surface area contributed by atoms with Gasteiger partial charge in [-0.15, -0.1) is 0 Å². The van der Waals surface area contributed by atoms with Gasteiger partial charge in [0, 0.05) is 12.5 Å². The van der Waals surface area contributed by atoms with Crippen molar-refractivity contribution in [3.63, 3.8) is 0 Å². The van der Waals surface area contributed by atoms with Crippen molar-refractivity contribution in [1.82, 2.24) is 16.0 Å². The maximum Gasteiger partial charge on any atom is 0.239 e. The molecular weight excluding hydrogens is 194 g/mol. The van der Waals surface area contributed by atoms with Crippen LogP contribution in [-0.2, 0) is 9.59 Å². The quantitative estimate of drug-likeness (QED) is 0.585. The molecule has 0 aromatic carbocycles. The summed E-state index contributed by atoms with van der Waals surface area (Å²) in [5, 5.41) is 8.68. The minimum atomic E-state index is -0.180. The van der Waals surface area contributed by atoms with E-state index in [1.807, 2.05) is 6.92 Å². The number of rotatable bonds is 3. The van der Waals surface area contributed by atoms with Gasteiger partial charge in [-0.1, -0.05) is 0 Å². The van der Waals surface area contributed by atoms with Crippen LogP contribution in [0.5, 0.6) is 0 Å². The smallest absolute Gasteiger partial charge is 0.239 e. The molecule has 1 aliphatic rings. The molecule has 15 heavy (non-hydrogen) atoms. The topological polar surface area (TPSA) is 70.2 Å². The van der Waals surface area contributed by atoms with Gasteiger partial charge < -0.3 is 16.0 Å². The molecule has 1 saturated heterocycles. The molecule has 0 aromatic heterocycles. The van der Waals surface area contributed by atoms with Gasteiger partial charge in [-0.05, 0) is 32.9 Å². The highest BCUT2D eigenvalue weighted by atomic mass is 16.2. The van der Waals surface area contributed by atoms with Gasteiger partial charge in [-0.2, -0.15) is 0 Å². The summed E-state index contributed by atoms with van der Waals surface area (Å²) < 4.78 is 0. The van der Waals surface area contributed by atoms with E-state index in [9.17, 15) is 9.59 Å². The largest absolute Gasteiger partial charge is 0.349 e. The van der Waals surface area contributed by atoms with Crippen LogP contribution in [0.3, 0.4) is 0 Å². The van der Waals surface area contributed by atoms with E-state index < -0.39 is 0 Å². The SMILES string of the molecule is CC(=O)NCC(=O)NC1(C)CCNCC1. The Labute approximate surface area is 90.0 Å². The zero-order chi connectivity index (χ0) is 11.3. The first kappa shape index (κ1) is 12.0. The first-order valence-corrected chi connectivity index (χ1v) is 5.28. The summed E-state index contributed by atoms with van der Waals surface area (Å²) in [6, 6.07) is 0. The van der Waals surface area contributed by atoms with Gasteiger partial charge in [0.25, 0.3) is 0 Å². The molecule has 86 valence electrons. The summed E-state index contributed by atoms with van der Waals surface area (Å²) in [6.45, 7) is 5.37. The fourth-order valence-corrected chi connectivity index (χ4v) is 1.69. The van der Waals surface area contributed by atoms with E-state index in [0.717, 1.165) is 25.9 Å². The molecule has 1 aliphatic heterocycles. The Kier molecular flexibility index (Phi) is 4.08. The van der Waals surface area contributed by atoms with Gasteiger partial charge in [0.2, 0.25) is 11.8 Å². The van der Waals surface area contributed by atoms with Crippen molar-refractivity contribution in [3.8, 4) is 0 Å². The Morgan fingerprint density at radius 1 is 1.33 bits per heavy atom. The molecule has 0 unspecified atom stereocenters. The zero-order valence-corrected chi connectivity index (χ0v) is 9.35. The van der Waals surface area contributed by atoms with E-state index in [1.165, 1.54) is 6.92 Å². The highest BCUT2D eigenvalue weighted by molar-refractivity contribution is 5.84. The first-order valence-electron chi connectivity index (χ1n) is 5.28. The van der Waals surface area contributed by atoms with E-state index in [2.05, 4.69) is 16.0 Å². The average Bonchev–Trinajstić information content (AvgIpc) is 2.15. The third-order valence-corrected chi connectivity index (χ3v) is 2.65. The lowest BCUT2D eigenvalue weighted by molar-refractivity contribution is -0.126. The molecule has 3 N–H and O–H groups in total. The molecule has 0 radical (unpaired) electrons. The Bertz CT molecular complexity index is 247. The van der Waals surface area contributed by atoms with Crippen molar-refractivity contribution in [1.29, 1.82) is 0 Å². The summed E-state index contributed by atoms with van der Waals surface area (Å²) in [7, 11) is 0. The molecule has 5 heteroatoms. The van der Waals surface area contributed by atoms with Crippen LogP contribution in [0.2, 0.25) is 0 Å². The number of piperidine rings is 1. The molecule has 2 amide bonds.